The molecule has 0 saturated heterocycles. The van der Waals surface area contributed by atoms with E-state index in [0.29, 0.717) is 24.2 Å². The Morgan fingerprint density at radius 1 is 1.09 bits per heavy atom. The summed E-state index contributed by atoms with van der Waals surface area (Å²) >= 11 is 0. The van der Waals surface area contributed by atoms with E-state index in [9.17, 15) is 9.59 Å². The molecule has 0 bridgehead atoms. The molecule has 1 heterocycles. The fourth-order valence-corrected chi connectivity index (χ4v) is 2.29. The third-order valence-corrected chi connectivity index (χ3v) is 3.73. The highest BCUT2D eigenvalue weighted by Gasteiger charge is 2.29. The van der Waals surface area contributed by atoms with Gasteiger partial charge in [-0.2, -0.15) is 0 Å². The van der Waals surface area contributed by atoms with Gasteiger partial charge in [-0.15, -0.1) is 0 Å². The minimum Gasteiger partial charge on any atom is -0.326 e. The van der Waals surface area contributed by atoms with Crippen LogP contribution in [0.15, 0.2) is 48.8 Å². The number of benzene rings is 1. The molecule has 1 fully saturated rings. The highest BCUT2D eigenvalue weighted by atomic mass is 16.2. The van der Waals surface area contributed by atoms with Crippen molar-refractivity contribution in [3.05, 3.63) is 54.4 Å². The number of amides is 2. The molecule has 5 nitrogen and oxygen atoms in total. The second kappa shape index (κ2) is 7.05. The van der Waals surface area contributed by atoms with E-state index in [0.717, 1.165) is 18.4 Å². The second-order valence-corrected chi connectivity index (χ2v) is 5.75. The number of nitrogens with zero attached hydrogens (tertiary/aromatic N) is 1. The highest BCUT2D eigenvalue weighted by molar-refractivity contribution is 5.95. The van der Waals surface area contributed by atoms with Crippen LogP contribution in [-0.2, 0) is 16.0 Å². The predicted octanol–water partition coefficient (Wildman–Crippen LogP) is 3.00. The number of aryl methyl sites for hydroxylation is 1. The van der Waals surface area contributed by atoms with Crippen LogP contribution in [0.1, 0.15) is 24.8 Å². The number of rotatable bonds is 6. The summed E-state index contributed by atoms with van der Waals surface area (Å²) in [4.78, 5) is 27.8. The Morgan fingerprint density at radius 2 is 1.87 bits per heavy atom. The first-order valence-corrected chi connectivity index (χ1v) is 7.80. The summed E-state index contributed by atoms with van der Waals surface area (Å²) in [6.45, 7) is 0. The normalized spacial score (nSPS) is 13.4. The van der Waals surface area contributed by atoms with Crippen LogP contribution >= 0.6 is 0 Å². The van der Waals surface area contributed by atoms with Gasteiger partial charge in [0.15, 0.2) is 0 Å². The van der Waals surface area contributed by atoms with Gasteiger partial charge in [-0.1, -0.05) is 12.1 Å². The van der Waals surface area contributed by atoms with Crippen LogP contribution in [0, 0.1) is 5.92 Å². The lowest BCUT2D eigenvalue weighted by Crippen LogP contribution is -2.15. The molecule has 1 aliphatic rings. The SMILES string of the molecule is O=C(CCc1cccnc1)Nc1cccc(NC(=O)C2CC2)c1. The quantitative estimate of drug-likeness (QED) is 0.861. The maximum Gasteiger partial charge on any atom is 0.227 e. The summed E-state index contributed by atoms with van der Waals surface area (Å²) in [7, 11) is 0. The third-order valence-electron chi connectivity index (χ3n) is 3.73. The molecule has 0 radical (unpaired) electrons. The Bertz CT molecular complexity index is 696. The summed E-state index contributed by atoms with van der Waals surface area (Å²) in [5.41, 5.74) is 2.44. The van der Waals surface area contributed by atoms with E-state index in [-0.39, 0.29) is 17.7 Å². The molecule has 2 amide bonds. The van der Waals surface area contributed by atoms with E-state index < -0.39 is 0 Å². The van der Waals surface area contributed by atoms with Gasteiger partial charge < -0.3 is 10.6 Å². The molecule has 3 rings (SSSR count). The molecule has 0 spiro atoms. The maximum absolute atomic E-state index is 12.0. The zero-order valence-electron chi connectivity index (χ0n) is 12.8. The van der Waals surface area contributed by atoms with Crippen LogP contribution in [0.4, 0.5) is 11.4 Å². The maximum atomic E-state index is 12.0. The van der Waals surface area contributed by atoms with Gasteiger partial charge in [0.05, 0.1) is 0 Å². The smallest absolute Gasteiger partial charge is 0.227 e. The molecule has 1 aliphatic carbocycles. The van der Waals surface area contributed by atoms with Gasteiger partial charge in [-0.05, 0) is 49.1 Å². The van der Waals surface area contributed by atoms with Gasteiger partial charge in [0.1, 0.15) is 0 Å². The van der Waals surface area contributed by atoms with Gasteiger partial charge in [0, 0.05) is 36.1 Å². The number of carbonyl (C=O) groups is 2. The largest absolute Gasteiger partial charge is 0.326 e. The lowest BCUT2D eigenvalue weighted by Gasteiger charge is -2.08. The van der Waals surface area contributed by atoms with Gasteiger partial charge in [-0.3, -0.25) is 14.6 Å². The molecule has 0 atom stereocenters. The lowest BCUT2D eigenvalue weighted by molar-refractivity contribution is -0.117. The minimum absolute atomic E-state index is 0.0560. The first kappa shape index (κ1) is 15.2. The number of hydrogen-bond donors (Lipinski definition) is 2. The fourth-order valence-electron chi connectivity index (χ4n) is 2.29. The number of hydrogen-bond acceptors (Lipinski definition) is 3. The summed E-state index contributed by atoms with van der Waals surface area (Å²) in [6.07, 6.45) is 6.46. The summed E-state index contributed by atoms with van der Waals surface area (Å²) < 4.78 is 0. The van der Waals surface area contributed by atoms with Crippen molar-refractivity contribution in [3.8, 4) is 0 Å². The van der Waals surface area contributed by atoms with Crippen molar-refractivity contribution in [3.63, 3.8) is 0 Å². The number of carbonyl (C=O) groups excluding carboxylic acids is 2. The molecule has 1 aromatic heterocycles. The molecule has 1 saturated carbocycles. The average molecular weight is 309 g/mol. The van der Waals surface area contributed by atoms with Crippen LogP contribution in [-0.4, -0.2) is 16.8 Å². The topological polar surface area (TPSA) is 71.1 Å². The Hall–Kier alpha value is -2.69. The summed E-state index contributed by atoms with van der Waals surface area (Å²) in [5, 5.41) is 5.74. The summed E-state index contributed by atoms with van der Waals surface area (Å²) in [6, 6.07) is 11.1. The Morgan fingerprint density at radius 3 is 2.57 bits per heavy atom. The fraction of sp³-hybridized carbons (Fsp3) is 0.278. The van der Waals surface area contributed by atoms with Crippen LogP contribution in [0.5, 0.6) is 0 Å². The van der Waals surface area contributed by atoms with Crippen LogP contribution in [0.3, 0.4) is 0 Å². The average Bonchev–Trinajstić information content (AvgIpc) is 3.39. The summed E-state index contributed by atoms with van der Waals surface area (Å²) in [5.74, 6) is 0.164. The molecular formula is C18H19N3O2. The van der Waals surface area contributed by atoms with Crippen molar-refractivity contribution in [2.75, 3.05) is 10.6 Å². The number of aromatic nitrogens is 1. The van der Waals surface area contributed by atoms with Crippen LogP contribution in [0.25, 0.3) is 0 Å². The van der Waals surface area contributed by atoms with E-state index in [1.807, 2.05) is 30.3 Å². The third kappa shape index (κ3) is 4.64. The molecule has 118 valence electrons. The Labute approximate surface area is 135 Å². The van der Waals surface area contributed by atoms with Crippen molar-refractivity contribution >= 4 is 23.2 Å². The lowest BCUT2D eigenvalue weighted by atomic mass is 10.1. The van der Waals surface area contributed by atoms with Crippen molar-refractivity contribution in [1.82, 2.24) is 4.98 Å². The van der Waals surface area contributed by atoms with E-state index >= 15 is 0 Å². The minimum atomic E-state index is -0.0560. The molecule has 0 unspecified atom stereocenters. The number of pyridine rings is 1. The zero-order valence-corrected chi connectivity index (χ0v) is 12.8. The van der Waals surface area contributed by atoms with Crippen LogP contribution < -0.4 is 10.6 Å². The monoisotopic (exact) mass is 309 g/mol. The number of nitrogens with one attached hydrogen (secondary N) is 2. The molecule has 0 aliphatic heterocycles. The Kier molecular flexibility index (Phi) is 4.66. The first-order chi connectivity index (χ1) is 11.2. The first-order valence-electron chi connectivity index (χ1n) is 7.80. The van der Waals surface area contributed by atoms with Crippen molar-refractivity contribution in [1.29, 1.82) is 0 Å². The molecule has 2 aromatic rings. The molecular weight excluding hydrogens is 290 g/mol. The molecule has 2 N–H and O–H groups in total. The van der Waals surface area contributed by atoms with Gasteiger partial charge in [-0.25, -0.2) is 0 Å². The number of anilines is 2. The van der Waals surface area contributed by atoms with Crippen molar-refractivity contribution in [2.45, 2.75) is 25.7 Å². The van der Waals surface area contributed by atoms with E-state index in [1.54, 1.807) is 18.5 Å². The van der Waals surface area contributed by atoms with Gasteiger partial charge in [0.25, 0.3) is 0 Å². The zero-order chi connectivity index (χ0) is 16.1. The van der Waals surface area contributed by atoms with E-state index in [4.69, 9.17) is 0 Å². The highest BCUT2D eigenvalue weighted by Crippen LogP contribution is 2.30. The predicted molar refractivity (Wildman–Crippen MR) is 89.0 cm³/mol. The van der Waals surface area contributed by atoms with E-state index in [1.165, 1.54) is 0 Å². The van der Waals surface area contributed by atoms with Gasteiger partial charge >= 0.3 is 0 Å². The standard InChI is InChI=1S/C18H19N3O2/c22-17(9-6-13-3-2-10-19-12-13)20-15-4-1-5-16(11-15)21-18(23)14-7-8-14/h1-5,10-12,14H,6-9H2,(H,20,22)(H,21,23). The van der Waals surface area contributed by atoms with Gasteiger partial charge in [0.2, 0.25) is 11.8 Å². The van der Waals surface area contributed by atoms with Crippen molar-refractivity contribution < 1.29 is 9.59 Å². The van der Waals surface area contributed by atoms with Crippen LogP contribution in [0.2, 0.25) is 0 Å². The van der Waals surface area contributed by atoms with E-state index in [2.05, 4.69) is 15.6 Å². The van der Waals surface area contributed by atoms with Crippen molar-refractivity contribution in [2.24, 2.45) is 5.92 Å². The second-order valence-electron chi connectivity index (χ2n) is 5.75. The Balaban J connectivity index is 1.52. The molecule has 1 aromatic carbocycles. The molecule has 23 heavy (non-hydrogen) atoms. The molecule has 5 heteroatoms.